The van der Waals surface area contributed by atoms with Crippen LogP contribution in [0.5, 0.6) is 46.0 Å². The number of carboxylic acids is 2. The van der Waals surface area contributed by atoms with Crippen molar-refractivity contribution in [2.75, 3.05) is 0 Å². The second kappa shape index (κ2) is 30.9. The number of aliphatic hydroxyl groups is 4. The Bertz CT molecular complexity index is 3690. The van der Waals surface area contributed by atoms with Crippen LogP contribution in [0, 0.1) is 23.7 Å². The van der Waals surface area contributed by atoms with Crippen molar-refractivity contribution >= 4 is 11.9 Å². The number of ether oxygens (including phenoxy) is 4. The average molecular weight is 1380 g/mol. The molecule has 0 spiro atoms. The van der Waals surface area contributed by atoms with Crippen LogP contribution in [0.4, 0.5) is 0 Å². The molecule has 4 fully saturated rings. The molecule has 0 radical (unpaired) electrons. The van der Waals surface area contributed by atoms with Gasteiger partial charge in [-0.05, 0) is 234 Å². The first-order valence-electron chi connectivity index (χ1n) is 37.2. The molecular formula is C84H116O16. The second-order valence-electron chi connectivity index (χ2n) is 31.8. The summed E-state index contributed by atoms with van der Waals surface area (Å²) in [6, 6.07) is 11.2. The van der Waals surface area contributed by atoms with Crippen molar-refractivity contribution < 1.29 is 79.6 Å². The molecular weight excluding hydrogens is 1260 g/mol. The van der Waals surface area contributed by atoms with Gasteiger partial charge in [-0.25, -0.2) is 9.59 Å². The van der Waals surface area contributed by atoms with Gasteiger partial charge in [-0.3, -0.25) is 0 Å². The minimum absolute atomic E-state index is 0.00748. The van der Waals surface area contributed by atoms with Gasteiger partial charge >= 0.3 is 11.9 Å². The molecule has 16 nitrogen and oxygen atoms in total. The van der Waals surface area contributed by atoms with Gasteiger partial charge < -0.3 is 70.0 Å². The third-order valence-corrected chi connectivity index (χ3v) is 23.5. The van der Waals surface area contributed by atoms with Crippen LogP contribution in [0.25, 0.3) is 0 Å². The molecule has 16 heteroatoms. The maximum atomic E-state index is 12.1. The molecule has 0 aromatic heterocycles. The van der Waals surface area contributed by atoms with Crippen LogP contribution >= 0.6 is 0 Å². The molecule has 4 aliphatic heterocycles. The first-order chi connectivity index (χ1) is 47.1. The molecule has 548 valence electrons. The number of benzene rings is 4. The Balaban J connectivity index is 0.000000156. The van der Waals surface area contributed by atoms with Crippen LogP contribution in [-0.4, -0.2) is 110 Å². The molecule has 10 N–H and O–H groups in total. The van der Waals surface area contributed by atoms with E-state index in [2.05, 4.69) is 60.1 Å². The maximum Gasteiger partial charge on any atom is 0.339 e. The fraction of sp³-hybridized carbons (Fsp3) is 0.595. The topological polar surface area (TPSA) is 273 Å². The highest BCUT2D eigenvalue weighted by Gasteiger charge is 2.58. The molecule has 16 atom stereocenters. The summed E-state index contributed by atoms with van der Waals surface area (Å²) >= 11 is 0. The lowest BCUT2D eigenvalue weighted by molar-refractivity contribution is -0.0827. The molecule has 4 aromatic rings. The van der Waals surface area contributed by atoms with Crippen LogP contribution in [0.15, 0.2) is 85.0 Å². The predicted molar refractivity (Wildman–Crippen MR) is 391 cm³/mol. The molecule has 0 amide bonds. The summed E-state index contributed by atoms with van der Waals surface area (Å²) in [4.78, 5) is 24.0. The van der Waals surface area contributed by atoms with Crippen LogP contribution in [0.3, 0.4) is 0 Å². The summed E-state index contributed by atoms with van der Waals surface area (Å²) in [5.41, 5.74) is 6.51. The zero-order valence-corrected chi connectivity index (χ0v) is 61.7. The van der Waals surface area contributed by atoms with E-state index in [9.17, 15) is 60.7 Å². The molecule has 4 heterocycles. The number of aryl methyl sites for hydroxylation is 4. The summed E-state index contributed by atoms with van der Waals surface area (Å²) in [5, 5.41) is 106. The molecule has 100 heavy (non-hydrogen) atoms. The third-order valence-electron chi connectivity index (χ3n) is 23.5. The molecule has 0 unspecified atom stereocenters. The molecule has 4 saturated carbocycles. The van der Waals surface area contributed by atoms with E-state index in [4.69, 9.17) is 18.9 Å². The van der Waals surface area contributed by atoms with Gasteiger partial charge in [0.05, 0.1) is 22.4 Å². The number of unbranched alkanes of at least 4 members (excludes halogenated alkanes) is 6. The van der Waals surface area contributed by atoms with E-state index in [0.717, 1.165) is 146 Å². The van der Waals surface area contributed by atoms with Crippen LogP contribution in [0.2, 0.25) is 0 Å². The number of fused-ring (bicyclic) bond motifs is 12. The van der Waals surface area contributed by atoms with Crippen molar-refractivity contribution in [1.29, 1.82) is 0 Å². The minimum atomic E-state index is -1.13. The summed E-state index contributed by atoms with van der Waals surface area (Å²) < 4.78 is 24.5. The van der Waals surface area contributed by atoms with E-state index < -0.39 is 46.6 Å². The zero-order chi connectivity index (χ0) is 73.4. The van der Waals surface area contributed by atoms with Crippen molar-refractivity contribution in [1.82, 2.24) is 0 Å². The highest BCUT2D eigenvalue weighted by atomic mass is 16.5. The fourth-order valence-corrected chi connectivity index (χ4v) is 18.1. The van der Waals surface area contributed by atoms with Crippen LogP contribution in [-0.2, 0) is 25.7 Å². The molecule has 0 bridgehead atoms. The summed E-state index contributed by atoms with van der Waals surface area (Å²) in [6.07, 6.45) is 17.3. The Hall–Kier alpha value is -6.98. The minimum Gasteiger partial charge on any atom is -0.508 e. The first kappa shape index (κ1) is 77.2. The van der Waals surface area contributed by atoms with Gasteiger partial charge in [-0.1, -0.05) is 121 Å². The summed E-state index contributed by atoms with van der Waals surface area (Å²) in [7, 11) is 0. The van der Waals surface area contributed by atoms with E-state index in [1.54, 1.807) is 26.0 Å². The Labute approximate surface area is 593 Å². The monoisotopic (exact) mass is 1380 g/mol. The van der Waals surface area contributed by atoms with Gasteiger partial charge in [-0.15, -0.1) is 0 Å². The number of allylic oxidation sites excluding steroid dienone is 4. The van der Waals surface area contributed by atoms with Crippen LogP contribution < -0.4 is 18.9 Å². The van der Waals surface area contributed by atoms with Crippen LogP contribution in [0.1, 0.15) is 288 Å². The van der Waals surface area contributed by atoms with Gasteiger partial charge in [0.25, 0.3) is 0 Å². The summed E-state index contributed by atoms with van der Waals surface area (Å²) in [6.45, 7) is 40.0. The quantitative estimate of drug-likeness (QED) is 0.0291. The number of aromatic carboxylic acids is 2. The van der Waals surface area contributed by atoms with E-state index in [1.165, 1.54) is 12.8 Å². The van der Waals surface area contributed by atoms with Crippen molar-refractivity contribution in [3.63, 3.8) is 0 Å². The van der Waals surface area contributed by atoms with Gasteiger partial charge in [0.15, 0.2) is 0 Å². The average Bonchev–Trinajstić information content (AvgIpc) is 1.58. The normalized spacial score (nSPS) is 30.4. The maximum absolute atomic E-state index is 12.1. The number of carboxylic acid groups (broad SMARTS) is 2. The molecule has 0 saturated heterocycles. The highest BCUT2D eigenvalue weighted by Crippen LogP contribution is 2.61. The lowest BCUT2D eigenvalue weighted by Gasteiger charge is -2.42. The zero-order valence-electron chi connectivity index (χ0n) is 61.7. The molecule has 4 aromatic carbocycles. The highest BCUT2D eigenvalue weighted by molar-refractivity contribution is 5.95. The smallest absolute Gasteiger partial charge is 0.339 e. The standard InChI is InChI=1S/2C22H30O5.C21H30O3.C19H26O3/c1-5-6-7-8-13-11-15-18(19(23)16(13)21(24)25)17-14(12(2)3)9-10-22(4,26)20(17)27-15;1-5-6-7-8-13-11-15(23)18-17-14(12(2)3)9-10-22(4,26)20(17)27-19(18)16(13)21(24)25;1-5-6-7-8-14-11-16(22)19-17(12-14)24-20-18(19)15(13(2)3)9-10-21(20,4)23;1-5-6-12-9-14(20)17-15(10-12)22-18-16(17)13(11(2)3)7-8-19(18,4)21/h2*11,14,17,20,23,26H,2,5-10H2,1,3-4H3,(H,24,25);11-12,15,18,20,22-23H,2,5-10H2,1,3-4H3;9-10,13,16,18,20-21H,2,5-8H2,1,3-4H3/t2*14-,17+,20-,22-;15-,18+,20-,21-;13-,16+,18-,19-/m0000/s1. The van der Waals surface area contributed by atoms with E-state index in [1.807, 2.05) is 59.7 Å². The van der Waals surface area contributed by atoms with Gasteiger partial charge in [0.2, 0.25) is 0 Å². The second-order valence-corrected chi connectivity index (χ2v) is 31.8. The van der Waals surface area contributed by atoms with Crippen molar-refractivity contribution in [3.05, 3.63) is 141 Å². The number of carbonyl (C=O) groups is 2. The Morgan fingerprint density at radius 1 is 0.410 bits per heavy atom. The predicted octanol–water partition coefficient (Wildman–Crippen LogP) is 17.4. The molecule has 12 rings (SSSR count). The number of rotatable bonds is 20. The van der Waals surface area contributed by atoms with Crippen molar-refractivity contribution in [2.24, 2.45) is 23.7 Å². The number of hydrogen-bond donors (Lipinski definition) is 10. The third kappa shape index (κ3) is 15.4. The lowest BCUT2D eigenvalue weighted by Crippen LogP contribution is -2.50. The Morgan fingerprint density at radius 2 is 0.730 bits per heavy atom. The summed E-state index contributed by atoms with van der Waals surface area (Å²) in [5.74, 6) is 0.511. The largest absolute Gasteiger partial charge is 0.508 e. The SMILES string of the molecule is C=C(C)[C@@H]1CC[C@](C)(O)[C@H]2Oc3c(C(=O)O)c(CCCCC)cc(O)c3[C@@H]12.C=C(C)[C@@H]1CC[C@](C)(O)[C@H]2Oc3cc(CCC)cc(O)c3[C@@H]12.C=C(C)[C@@H]1CC[C@](C)(O)[C@H]2Oc3cc(CCCCC)c(C(=O)O)c(O)c3[C@@H]12.C=C(C)[C@@H]1CC[C@](C)(O)[C@H]2Oc3cc(CCCCC)cc(O)c3[C@@H]12. The van der Waals surface area contributed by atoms with Gasteiger partial charge in [0, 0.05) is 45.9 Å². The van der Waals surface area contributed by atoms with E-state index in [-0.39, 0.29) is 87.9 Å². The lowest BCUT2D eigenvalue weighted by atomic mass is 9.66. The number of hydrogen-bond acceptors (Lipinski definition) is 14. The van der Waals surface area contributed by atoms with Crippen molar-refractivity contribution in [3.8, 4) is 46.0 Å². The Kier molecular flexibility index (Phi) is 23.9. The number of phenolic OH excluding ortho intramolecular Hbond substituents is 3. The number of aromatic hydroxyl groups is 4. The van der Waals surface area contributed by atoms with Crippen molar-refractivity contribution in [2.45, 2.75) is 295 Å². The molecule has 4 aliphatic carbocycles. The fourth-order valence-electron chi connectivity index (χ4n) is 18.1. The molecule has 8 aliphatic rings. The van der Waals surface area contributed by atoms with E-state index in [0.29, 0.717) is 78.0 Å². The van der Waals surface area contributed by atoms with E-state index >= 15 is 0 Å². The first-order valence-corrected chi connectivity index (χ1v) is 37.2. The van der Waals surface area contributed by atoms with Gasteiger partial charge in [-0.2, -0.15) is 0 Å². The Morgan fingerprint density at radius 3 is 1.09 bits per heavy atom. The van der Waals surface area contributed by atoms with Gasteiger partial charge in [0.1, 0.15) is 81.5 Å². The number of phenols is 4.